The van der Waals surface area contributed by atoms with Gasteiger partial charge in [-0.1, -0.05) is 30.3 Å². The summed E-state index contributed by atoms with van der Waals surface area (Å²) < 4.78 is 4.90. The van der Waals surface area contributed by atoms with Gasteiger partial charge in [0, 0.05) is 19.2 Å². The number of esters is 1. The number of rotatable bonds is 5. The second-order valence-corrected chi connectivity index (χ2v) is 5.93. The smallest absolute Gasteiger partial charge is 0.308 e. The van der Waals surface area contributed by atoms with Crippen LogP contribution in [0.5, 0.6) is 0 Å². The first-order valence-electron chi connectivity index (χ1n) is 8.29. The van der Waals surface area contributed by atoms with E-state index in [-0.39, 0.29) is 24.0 Å². The summed E-state index contributed by atoms with van der Waals surface area (Å²) in [6.07, 6.45) is 2.90. The monoisotopic (exact) mass is 375 g/mol. The Kier molecular flexibility index (Phi) is 7.28. The minimum absolute atomic E-state index is 0.108. The van der Waals surface area contributed by atoms with Crippen LogP contribution >= 0.6 is 12.2 Å². The number of ether oxygens (including phenoxy) is 1. The van der Waals surface area contributed by atoms with Gasteiger partial charge in [-0.15, -0.1) is 0 Å². The van der Waals surface area contributed by atoms with Gasteiger partial charge in [0.25, 0.3) is 0 Å². The second-order valence-electron chi connectivity index (χ2n) is 5.55. The molecule has 8 heteroatoms. The number of piperazine rings is 1. The molecular weight excluding hydrogens is 354 g/mol. The molecule has 2 rings (SSSR count). The molecule has 0 saturated carbocycles. The lowest BCUT2D eigenvalue weighted by atomic mass is 10.1. The van der Waals surface area contributed by atoms with E-state index in [9.17, 15) is 14.4 Å². The molecular formula is C18H21N3O4S. The fourth-order valence-electron chi connectivity index (χ4n) is 2.49. The molecule has 1 saturated heterocycles. The van der Waals surface area contributed by atoms with Crippen molar-refractivity contribution < 1.29 is 19.1 Å². The van der Waals surface area contributed by atoms with E-state index >= 15 is 0 Å². The third kappa shape index (κ3) is 5.66. The van der Waals surface area contributed by atoms with Crippen molar-refractivity contribution >= 4 is 41.2 Å². The molecule has 1 unspecified atom stereocenters. The van der Waals surface area contributed by atoms with E-state index in [2.05, 4.69) is 10.6 Å². The number of thiocarbonyl (C=S) groups is 1. The zero-order valence-electron chi connectivity index (χ0n) is 14.4. The zero-order chi connectivity index (χ0) is 18.9. The van der Waals surface area contributed by atoms with Gasteiger partial charge >= 0.3 is 5.97 Å². The lowest BCUT2D eigenvalue weighted by Gasteiger charge is -2.36. The van der Waals surface area contributed by atoms with Crippen LogP contribution in [0.1, 0.15) is 18.9 Å². The van der Waals surface area contributed by atoms with E-state index in [1.54, 1.807) is 17.9 Å². The van der Waals surface area contributed by atoms with Crippen LogP contribution < -0.4 is 10.6 Å². The van der Waals surface area contributed by atoms with Crippen molar-refractivity contribution in [2.24, 2.45) is 0 Å². The van der Waals surface area contributed by atoms with Gasteiger partial charge in [-0.3, -0.25) is 19.7 Å². The normalized spacial score (nSPS) is 16.9. The highest BCUT2D eigenvalue weighted by Gasteiger charge is 2.33. The number of amides is 2. The summed E-state index contributed by atoms with van der Waals surface area (Å²) in [7, 11) is 0. The Morgan fingerprint density at radius 3 is 2.81 bits per heavy atom. The molecule has 1 heterocycles. The maximum absolute atomic E-state index is 12.1. The summed E-state index contributed by atoms with van der Waals surface area (Å²) in [5.41, 5.74) is 0.881. The number of hydrogen-bond donors (Lipinski definition) is 2. The second kappa shape index (κ2) is 9.67. The number of nitrogens with one attached hydrogen (secondary N) is 2. The van der Waals surface area contributed by atoms with E-state index in [1.165, 1.54) is 6.08 Å². The lowest BCUT2D eigenvalue weighted by molar-refractivity contribution is -0.147. The highest BCUT2D eigenvalue weighted by molar-refractivity contribution is 7.80. The van der Waals surface area contributed by atoms with Crippen molar-refractivity contribution in [2.75, 3.05) is 19.7 Å². The molecule has 1 fully saturated rings. The predicted octanol–water partition coefficient (Wildman–Crippen LogP) is 0.855. The summed E-state index contributed by atoms with van der Waals surface area (Å²) in [6, 6.07) is 8.56. The Morgan fingerprint density at radius 1 is 1.38 bits per heavy atom. The van der Waals surface area contributed by atoms with Gasteiger partial charge in [-0.25, -0.2) is 0 Å². The SMILES string of the molecule is CCOC(=O)CC1C(=O)NCCN1C(=S)NC(=O)C=Cc1ccccc1. The number of benzene rings is 1. The summed E-state index contributed by atoms with van der Waals surface area (Å²) in [6.45, 7) is 2.71. The van der Waals surface area contributed by atoms with Crippen LogP contribution in [-0.2, 0) is 19.1 Å². The molecule has 0 bridgehead atoms. The first-order chi connectivity index (χ1) is 12.5. The molecule has 1 aliphatic rings. The maximum atomic E-state index is 12.1. The van der Waals surface area contributed by atoms with Gasteiger partial charge in [-0.2, -0.15) is 0 Å². The number of hydrogen-bond acceptors (Lipinski definition) is 5. The maximum Gasteiger partial charge on any atom is 0.308 e. The van der Waals surface area contributed by atoms with E-state index in [0.717, 1.165) is 5.56 Å². The summed E-state index contributed by atoms with van der Waals surface area (Å²) >= 11 is 5.26. The number of carbonyl (C=O) groups excluding carboxylic acids is 3. The van der Waals surface area contributed by atoms with Gasteiger partial charge in [0.15, 0.2) is 5.11 Å². The van der Waals surface area contributed by atoms with Crippen molar-refractivity contribution in [1.82, 2.24) is 15.5 Å². The van der Waals surface area contributed by atoms with Crippen LogP contribution in [0.2, 0.25) is 0 Å². The predicted molar refractivity (Wildman–Crippen MR) is 101 cm³/mol. The average molecular weight is 375 g/mol. The number of nitrogens with zero attached hydrogens (tertiary/aromatic N) is 1. The number of carbonyl (C=O) groups is 3. The fraction of sp³-hybridized carbons (Fsp3) is 0.333. The van der Waals surface area contributed by atoms with Crippen molar-refractivity contribution in [2.45, 2.75) is 19.4 Å². The third-order valence-corrected chi connectivity index (χ3v) is 4.05. The van der Waals surface area contributed by atoms with Gasteiger partial charge in [0.05, 0.1) is 13.0 Å². The lowest BCUT2D eigenvalue weighted by Crippen LogP contribution is -2.60. The topological polar surface area (TPSA) is 87.7 Å². The van der Waals surface area contributed by atoms with E-state index < -0.39 is 17.9 Å². The van der Waals surface area contributed by atoms with Crippen LogP contribution in [0.15, 0.2) is 36.4 Å². The molecule has 7 nitrogen and oxygen atoms in total. The van der Waals surface area contributed by atoms with Crippen LogP contribution in [0.4, 0.5) is 0 Å². The molecule has 0 spiro atoms. The Bertz CT molecular complexity index is 706. The minimum Gasteiger partial charge on any atom is -0.466 e. The Morgan fingerprint density at radius 2 is 2.12 bits per heavy atom. The van der Waals surface area contributed by atoms with Crippen LogP contribution in [0.3, 0.4) is 0 Å². The average Bonchev–Trinajstić information content (AvgIpc) is 2.62. The van der Waals surface area contributed by atoms with Gasteiger partial charge in [0.2, 0.25) is 11.8 Å². The van der Waals surface area contributed by atoms with Gasteiger partial charge in [0.1, 0.15) is 6.04 Å². The standard InChI is InChI=1S/C18H21N3O4S/c1-2-25-16(23)12-14-17(24)19-10-11-21(14)18(26)20-15(22)9-8-13-6-4-3-5-7-13/h3-9,14H,2,10-12H2,1H3,(H,19,24)(H,20,22,26). The van der Waals surface area contributed by atoms with Crippen molar-refractivity contribution in [3.63, 3.8) is 0 Å². The van der Waals surface area contributed by atoms with Crippen LogP contribution in [0, 0.1) is 0 Å². The third-order valence-electron chi connectivity index (χ3n) is 3.71. The van der Waals surface area contributed by atoms with E-state index in [4.69, 9.17) is 17.0 Å². The molecule has 0 aliphatic carbocycles. The first kappa shape index (κ1) is 19.6. The Labute approximate surface area is 157 Å². The summed E-state index contributed by atoms with van der Waals surface area (Å²) in [4.78, 5) is 37.5. The van der Waals surface area contributed by atoms with Crippen LogP contribution in [0.25, 0.3) is 6.08 Å². The molecule has 1 aromatic carbocycles. The molecule has 26 heavy (non-hydrogen) atoms. The molecule has 1 aliphatic heterocycles. The molecule has 1 atom stereocenters. The van der Waals surface area contributed by atoms with Gasteiger partial charge in [-0.05, 0) is 30.8 Å². The molecule has 2 amide bonds. The van der Waals surface area contributed by atoms with Crippen molar-refractivity contribution in [3.05, 3.63) is 42.0 Å². The zero-order valence-corrected chi connectivity index (χ0v) is 15.3. The molecule has 0 radical (unpaired) electrons. The summed E-state index contributed by atoms with van der Waals surface area (Å²) in [5.74, 6) is -1.21. The Hall–Kier alpha value is -2.74. The highest BCUT2D eigenvalue weighted by Crippen LogP contribution is 2.11. The molecule has 1 aromatic rings. The first-order valence-corrected chi connectivity index (χ1v) is 8.70. The van der Waals surface area contributed by atoms with Crippen molar-refractivity contribution in [1.29, 1.82) is 0 Å². The molecule has 138 valence electrons. The fourth-order valence-corrected chi connectivity index (χ4v) is 2.81. The van der Waals surface area contributed by atoms with Crippen LogP contribution in [-0.4, -0.2) is 53.5 Å². The molecule has 0 aromatic heterocycles. The summed E-state index contributed by atoms with van der Waals surface area (Å²) in [5, 5.41) is 5.37. The van der Waals surface area contributed by atoms with Gasteiger partial charge < -0.3 is 15.0 Å². The molecule has 2 N–H and O–H groups in total. The quantitative estimate of drug-likeness (QED) is 0.451. The van der Waals surface area contributed by atoms with E-state index in [1.807, 2.05) is 30.3 Å². The largest absolute Gasteiger partial charge is 0.466 e. The minimum atomic E-state index is -0.797. The van der Waals surface area contributed by atoms with E-state index in [0.29, 0.717) is 13.1 Å². The highest BCUT2D eigenvalue weighted by atomic mass is 32.1. The van der Waals surface area contributed by atoms with Crippen molar-refractivity contribution in [3.8, 4) is 0 Å². The Balaban J connectivity index is 1.98.